The standard InChI is InChI=1S/C20H36N4O/c1-5-9-13-23(14-10-6-2)17-19(21-11-7-3)24-15-12-22-20(25)18(8-4)16-24/h7-8H,3,5-6,9-17H2,1-2,4H3,(H,22,25)/b18-8+,21-19?. The number of nitrogens with zero attached hydrogens (tertiary/aromatic N) is 3. The lowest BCUT2D eigenvalue weighted by Gasteiger charge is -2.30. The van der Waals surface area contributed by atoms with Crippen molar-refractivity contribution >= 4 is 11.7 Å². The molecule has 0 spiro atoms. The molecule has 1 saturated heterocycles. The minimum absolute atomic E-state index is 0.0434. The van der Waals surface area contributed by atoms with Gasteiger partial charge in [0.15, 0.2) is 0 Å². The van der Waals surface area contributed by atoms with E-state index in [2.05, 4.69) is 35.5 Å². The van der Waals surface area contributed by atoms with Gasteiger partial charge in [-0.3, -0.25) is 14.7 Å². The van der Waals surface area contributed by atoms with Gasteiger partial charge in [-0.15, -0.1) is 6.58 Å². The largest absolute Gasteiger partial charge is 0.353 e. The monoisotopic (exact) mass is 348 g/mol. The molecule has 5 heteroatoms. The Bertz CT molecular complexity index is 462. The van der Waals surface area contributed by atoms with E-state index < -0.39 is 0 Å². The average molecular weight is 349 g/mol. The first kappa shape index (κ1) is 21.4. The molecule has 0 aliphatic carbocycles. The Labute approximate surface area is 153 Å². The summed E-state index contributed by atoms with van der Waals surface area (Å²) in [5.41, 5.74) is 0.817. The summed E-state index contributed by atoms with van der Waals surface area (Å²) in [4.78, 5) is 21.6. The van der Waals surface area contributed by atoms with Crippen LogP contribution in [0.4, 0.5) is 0 Å². The molecule has 1 heterocycles. The van der Waals surface area contributed by atoms with E-state index >= 15 is 0 Å². The third-order valence-electron chi connectivity index (χ3n) is 4.46. The van der Waals surface area contributed by atoms with Gasteiger partial charge in [0.2, 0.25) is 5.91 Å². The van der Waals surface area contributed by atoms with Crippen molar-refractivity contribution in [2.24, 2.45) is 4.99 Å². The third kappa shape index (κ3) is 7.86. The highest BCUT2D eigenvalue weighted by atomic mass is 16.1. The summed E-state index contributed by atoms with van der Waals surface area (Å²) in [5.74, 6) is 1.12. The first-order valence-corrected chi connectivity index (χ1v) is 9.71. The highest BCUT2D eigenvalue weighted by Crippen LogP contribution is 2.08. The Hall–Kier alpha value is -1.62. The number of carbonyl (C=O) groups is 1. The van der Waals surface area contributed by atoms with E-state index in [1.54, 1.807) is 0 Å². The van der Waals surface area contributed by atoms with E-state index in [0.29, 0.717) is 19.6 Å². The summed E-state index contributed by atoms with van der Waals surface area (Å²) < 4.78 is 0. The summed E-state index contributed by atoms with van der Waals surface area (Å²) in [6.45, 7) is 15.9. The van der Waals surface area contributed by atoms with E-state index in [0.717, 1.165) is 37.6 Å². The smallest absolute Gasteiger partial charge is 0.248 e. The van der Waals surface area contributed by atoms with Crippen molar-refractivity contribution < 1.29 is 4.79 Å². The van der Waals surface area contributed by atoms with Crippen LogP contribution in [-0.2, 0) is 4.79 Å². The highest BCUT2D eigenvalue weighted by molar-refractivity contribution is 5.95. The van der Waals surface area contributed by atoms with Gasteiger partial charge >= 0.3 is 0 Å². The normalized spacial score (nSPS) is 17.8. The molecule has 142 valence electrons. The van der Waals surface area contributed by atoms with Crippen LogP contribution in [0.3, 0.4) is 0 Å². The molecule has 0 aromatic rings. The van der Waals surface area contributed by atoms with Crippen LogP contribution in [0.5, 0.6) is 0 Å². The van der Waals surface area contributed by atoms with Crippen molar-refractivity contribution in [3.63, 3.8) is 0 Å². The van der Waals surface area contributed by atoms with Crippen LogP contribution in [-0.4, -0.2) is 67.4 Å². The zero-order valence-electron chi connectivity index (χ0n) is 16.4. The Balaban J connectivity index is 2.89. The number of hydrogen-bond donors (Lipinski definition) is 1. The molecule has 1 fully saturated rings. The molecule has 0 aromatic carbocycles. The Morgan fingerprint density at radius 1 is 1.32 bits per heavy atom. The number of amidine groups is 1. The van der Waals surface area contributed by atoms with Crippen molar-refractivity contribution in [1.29, 1.82) is 0 Å². The van der Waals surface area contributed by atoms with Crippen LogP contribution in [0, 0.1) is 0 Å². The molecular formula is C20H36N4O. The molecule has 1 aliphatic heterocycles. The number of allylic oxidation sites excluding steroid dienone is 1. The van der Waals surface area contributed by atoms with Gasteiger partial charge in [0.25, 0.3) is 0 Å². The average Bonchev–Trinajstić information content (AvgIpc) is 2.81. The van der Waals surface area contributed by atoms with Gasteiger partial charge in [0.1, 0.15) is 5.84 Å². The number of rotatable bonds is 10. The molecule has 0 unspecified atom stereocenters. The molecular weight excluding hydrogens is 312 g/mol. The van der Waals surface area contributed by atoms with Crippen molar-refractivity contribution in [3.05, 3.63) is 24.3 Å². The topological polar surface area (TPSA) is 47.9 Å². The van der Waals surface area contributed by atoms with Crippen molar-refractivity contribution in [1.82, 2.24) is 15.1 Å². The fourth-order valence-corrected chi connectivity index (χ4v) is 2.87. The lowest BCUT2D eigenvalue weighted by molar-refractivity contribution is -0.117. The molecule has 0 radical (unpaired) electrons. The fourth-order valence-electron chi connectivity index (χ4n) is 2.87. The maximum Gasteiger partial charge on any atom is 0.248 e. The van der Waals surface area contributed by atoms with Gasteiger partial charge in [0, 0.05) is 25.2 Å². The molecule has 5 nitrogen and oxygen atoms in total. The molecule has 0 atom stereocenters. The van der Waals surface area contributed by atoms with Crippen molar-refractivity contribution in [2.45, 2.75) is 46.5 Å². The molecule has 1 N–H and O–H groups in total. The SMILES string of the molecule is C=CCN=C(CN(CCCC)CCCC)N1CCNC(=O)/C(=C/C)C1. The maximum absolute atomic E-state index is 12.1. The fraction of sp³-hybridized carbons (Fsp3) is 0.700. The predicted molar refractivity (Wildman–Crippen MR) is 107 cm³/mol. The molecule has 0 saturated carbocycles. The summed E-state index contributed by atoms with van der Waals surface area (Å²) in [5, 5.41) is 2.97. The van der Waals surface area contributed by atoms with Crippen LogP contribution < -0.4 is 5.32 Å². The second-order valence-electron chi connectivity index (χ2n) is 6.52. The second-order valence-corrected chi connectivity index (χ2v) is 6.52. The summed E-state index contributed by atoms with van der Waals surface area (Å²) in [7, 11) is 0. The lowest BCUT2D eigenvalue weighted by Crippen LogP contribution is -2.43. The van der Waals surface area contributed by atoms with Gasteiger partial charge in [-0.25, -0.2) is 0 Å². The van der Waals surface area contributed by atoms with E-state index in [1.165, 1.54) is 25.7 Å². The summed E-state index contributed by atoms with van der Waals surface area (Å²) in [6.07, 6.45) is 8.56. The highest BCUT2D eigenvalue weighted by Gasteiger charge is 2.22. The number of carbonyl (C=O) groups excluding carboxylic acids is 1. The number of unbranched alkanes of at least 4 members (excludes halogenated alkanes) is 2. The Kier molecular flexibility index (Phi) is 10.9. The summed E-state index contributed by atoms with van der Waals surface area (Å²) in [6, 6.07) is 0. The Morgan fingerprint density at radius 2 is 2.00 bits per heavy atom. The van der Waals surface area contributed by atoms with Gasteiger partial charge < -0.3 is 10.2 Å². The van der Waals surface area contributed by atoms with Crippen LogP contribution >= 0.6 is 0 Å². The zero-order chi connectivity index (χ0) is 18.5. The van der Waals surface area contributed by atoms with E-state index in [1.807, 2.05) is 19.1 Å². The molecule has 1 aliphatic rings. The van der Waals surface area contributed by atoms with Crippen LogP contribution in [0.15, 0.2) is 29.3 Å². The van der Waals surface area contributed by atoms with Gasteiger partial charge in [-0.05, 0) is 32.9 Å². The van der Waals surface area contributed by atoms with Crippen LogP contribution in [0.1, 0.15) is 46.5 Å². The Morgan fingerprint density at radius 3 is 2.56 bits per heavy atom. The van der Waals surface area contributed by atoms with Crippen LogP contribution in [0.25, 0.3) is 0 Å². The van der Waals surface area contributed by atoms with E-state index in [4.69, 9.17) is 4.99 Å². The van der Waals surface area contributed by atoms with Crippen LogP contribution in [0.2, 0.25) is 0 Å². The number of hydrogen-bond acceptors (Lipinski definition) is 3. The minimum atomic E-state index is 0.0434. The maximum atomic E-state index is 12.1. The number of amides is 1. The quantitative estimate of drug-likeness (QED) is 0.286. The lowest BCUT2D eigenvalue weighted by atomic mass is 10.2. The van der Waals surface area contributed by atoms with Gasteiger partial charge in [-0.2, -0.15) is 0 Å². The molecule has 1 amide bonds. The van der Waals surface area contributed by atoms with Gasteiger partial charge in [-0.1, -0.05) is 38.8 Å². The zero-order valence-corrected chi connectivity index (χ0v) is 16.4. The first-order chi connectivity index (χ1) is 12.2. The first-order valence-electron chi connectivity index (χ1n) is 9.71. The second kappa shape index (κ2) is 12.7. The number of aliphatic imine (C=N–C) groups is 1. The van der Waals surface area contributed by atoms with Crippen molar-refractivity contribution in [3.8, 4) is 0 Å². The van der Waals surface area contributed by atoms with Gasteiger partial charge in [0.05, 0.1) is 13.1 Å². The molecule has 0 bridgehead atoms. The number of nitrogens with one attached hydrogen (secondary N) is 1. The van der Waals surface area contributed by atoms with E-state index in [9.17, 15) is 4.79 Å². The van der Waals surface area contributed by atoms with Crippen molar-refractivity contribution in [2.75, 3.05) is 45.8 Å². The van der Waals surface area contributed by atoms with E-state index in [-0.39, 0.29) is 5.91 Å². The minimum Gasteiger partial charge on any atom is -0.353 e. The molecule has 25 heavy (non-hydrogen) atoms. The summed E-state index contributed by atoms with van der Waals surface area (Å²) >= 11 is 0. The third-order valence-corrected chi connectivity index (χ3v) is 4.46. The predicted octanol–water partition coefficient (Wildman–Crippen LogP) is 2.85. The molecule has 0 aromatic heterocycles. The molecule has 1 rings (SSSR count).